The molecule has 0 heterocycles. The van der Waals surface area contributed by atoms with Crippen LogP contribution >= 0.6 is 11.6 Å². The maximum atomic E-state index is 12.8. The van der Waals surface area contributed by atoms with E-state index in [4.69, 9.17) is 17.3 Å². The summed E-state index contributed by atoms with van der Waals surface area (Å²) in [5, 5.41) is 2.00. The van der Waals surface area contributed by atoms with Gasteiger partial charge in [0.2, 0.25) is 5.91 Å². The third kappa shape index (κ3) is 4.38. The van der Waals surface area contributed by atoms with Crippen LogP contribution in [0.15, 0.2) is 18.2 Å². The first-order valence-electron chi connectivity index (χ1n) is 6.05. The second-order valence-electron chi connectivity index (χ2n) is 4.89. The van der Waals surface area contributed by atoms with E-state index in [2.05, 4.69) is 5.32 Å². The van der Waals surface area contributed by atoms with Crippen LogP contribution in [0.1, 0.15) is 25.8 Å². The average molecular weight is 309 g/mol. The van der Waals surface area contributed by atoms with Crippen LogP contribution in [0.25, 0.3) is 0 Å². The van der Waals surface area contributed by atoms with Crippen LogP contribution in [-0.2, 0) is 11.0 Å². The molecule has 0 aliphatic heterocycles. The molecule has 1 aromatic carbocycles. The molecule has 1 aromatic rings. The molecule has 3 nitrogen and oxygen atoms in total. The standard InChI is InChI=1S/C13H16ClF3N2O/c1-7(2)6-10(18)12(20)19-11-8(13(15,16)17)4-3-5-9(11)14/h3-5,7,10H,6,18H2,1-2H3,(H,19,20). The fraction of sp³-hybridized carbons (Fsp3) is 0.462. The molecule has 0 aliphatic carbocycles. The number of nitrogens with two attached hydrogens (primary N) is 1. The highest BCUT2D eigenvalue weighted by atomic mass is 35.5. The maximum Gasteiger partial charge on any atom is 0.418 e. The number of alkyl halides is 3. The molecule has 1 unspecified atom stereocenters. The van der Waals surface area contributed by atoms with Gasteiger partial charge in [-0.15, -0.1) is 0 Å². The lowest BCUT2D eigenvalue weighted by atomic mass is 10.0. The molecule has 1 rings (SSSR count). The number of amides is 1. The molecule has 0 saturated heterocycles. The van der Waals surface area contributed by atoms with Gasteiger partial charge in [-0.25, -0.2) is 0 Å². The molecule has 1 atom stereocenters. The third-order valence-corrected chi connectivity index (χ3v) is 2.94. The number of carbonyl (C=O) groups is 1. The summed E-state index contributed by atoms with van der Waals surface area (Å²) >= 11 is 5.73. The first-order valence-corrected chi connectivity index (χ1v) is 6.43. The van der Waals surface area contributed by atoms with Gasteiger partial charge in [0.1, 0.15) is 0 Å². The van der Waals surface area contributed by atoms with E-state index < -0.39 is 29.4 Å². The highest BCUT2D eigenvalue weighted by Crippen LogP contribution is 2.38. The van der Waals surface area contributed by atoms with Crippen LogP contribution in [-0.4, -0.2) is 11.9 Å². The van der Waals surface area contributed by atoms with Crippen LogP contribution in [0.5, 0.6) is 0 Å². The molecular weight excluding hydrogens is 293 g/mol. The highest BCUT2D eigenvalue weighted by Gasteiger charge is 2.35. The molecule has 0 saturated carbocycles. The van der Waals surface area contributed by atoms with Crippen molar-refractivity contribution in [2.75, 3.05) is 5.32 Å². The van der Waals surface area contributed by atoms with E-state index in [0.29, 0.717) is 6.42 Å². The Labute approximate surface area is 120 Å². The predicted molar refractivity (Wildman–Crippen MR) is 72.5 cm³/mol. The third-order valence-electron chi connectivity index (χ3n) is 2.63. The van der Waals surface area contributed by atoms with Crippen molar-refractivity contribution in [1.82, 2.24) is 0 Å². The van der Waals surface area contributed by atoms with Crippen molar-refractivity contribution in [3.8, 4) is 0 Å². The summed E-state index contributed by atoms with van der Waals surface area (Å²) in [6.45, 7) is 3.73. The minimum Gasteiger partial charge on any atom is -0.323 e. The Morgan fingerprint density at radius 2 is 2.00 bits per heavy atom. The Morgan fingerprint density at radius 1 is 1.40 bits per heavy atom. The second-order valence-corrected chi connectivity index (χ2v) is 5.29. The first-order chi connectivity index (χ1) is 9.12. The average Bonchev–Trinajstić information content (AvgIpc) is 2.29. The van der Waals surface area contributed by atoms with Crippen molar-refractivity contribution in [1.29, 1.82) is 0 Å². The number of rotatable bonds is 4. The molecule has 0 bridgehead atoms. The lowest BCUT2D eigenvalue weighted by Gasteiger charge is -2.18. The largest absolute Gasteiger partial charge is 0.418 e. The van der Waals surface area contributed by atoms with Gasteiger partial charge in [-0.05, 0) is 24.5 Å². The zero-order valence-corrected chi connectivity index (χ0v) is 11.8. The van der Waals surface area contributed by atoms with E-state index in [0.717, 1.165) is 6.07 Å². The fourth-order valence-electron chi connectivity index (χ4n) is 1.72. The lowest BCUT2D eigenvalue weighted by molar-refractivity contribution is -0.137. The number of nitrogens with one attached hydrogen (secondary N) is 1. The fourth-order valence-corrected chi connectivity index (χ4v) is 1.94. The molecule has 0 radical (unpaired) electrons. The van der Waals surface area contributed by atoms with Gasteiger partial charge >= 0.3 is 6.18 Å². The lowest BCUT2D eigenvalue weighted by Crippen LogP contribution is -2.37. The van der Waals surface area contributed by atoms with Crippen molar-refractivity contribution in [2.45, 2.75) is 32.5 Å². The summed E-state index contributed by atoms with van der Waals surface area (Å²) in [4.78, 5) is 11.8. The van der Waals surface area contributed by atoms with E-state index in [1.165, 1.54) is 12.1 Å². The summed E-state index contributed by atoms with van der Waals surface area (Å²) < 4.78 is 38.5. The molecule has 7 heteroatoms. The number of anilines is 1. The first kappa shape index (κ1) is 16.8. The second kappa shape index (κ2) is 6.45. The van der Waals surface area contributed by atoms with E-state index in [1.54, 1.807) is 0 Å². The molecule has 0 aliphatic rings. The maximum absolute atomic E-state index is 12.8. The quantitative estimate of drug-likeness (QED) is 0.891. The number of para-hydroxylation sites is 1. The van der Waals surface area contributed by atoms with Crippen molar-refractivity contribution in [3.63, 3.8) is 0 Å². The molecule has 0 spiro atoms. The van der Waals surface area contributed by atoms with Gasteiger partial charge in [0.25, 0.3) is 0 Å². The number of halogens is 4. The van der Waals surface area contributed by atoms with Crippen molar-refractivity contribution >= 4 is 23.2 Å². The molecular formula is C13H16ClF3N2O. The Kier molecular flexibility index (Phi) is 5.42. The van der Waals surface area contributed by atoms with Gasteiger partial charge in [-0.3, -0.25) is 4.79 Å². The summed E-state index contributed by atoms with van der Waals surface area (Å²) in [7, 11) is 0. The summed E-state index contributed by atoms with van der Waals surface area (Å²) in [5.74, 6) is -0.526. The van der Waals surface area contributed by atoms with Crippen LogP contribution in [0.4, 0.5) is 18.9 Å². The highest BCUT2D eigenvalue weighted by molar-refractivity contribution is 6.34. The van der Waals surface area contributed by atoms with E-state index in [9.17, 15) is 18.0 Å². The SMILES string of the molecule is CC(C)CC(N)C(=O)Nc1c(Cl)cccc1C(F)(F)F. The van der Waals surface area contributed by atoms with Gasteiger partial charge in [0.05, 0.1) is 22.3 Å². The van der Waals surface area contributed by atoms with Crippen LogP contribution in [0.3, 0.4) is 0 Å². The molecule has 3 N–H and O–H groups in total. The van der Waals surface area contributed by atoms with E-state index >= 15 is 0 Å². The van der Waals surface area contributed by atoms with Crippen LogP contribution < -0.4 is 11.1 Å². The Hall–Kier alpha value is -1.27. The van der Waals surface area contributed by atoms with Crippen molar-refractivity contribution in [2.24, 2.45) is 11.7 Å². The molecule has 1 amide bonds. The van der Waals surface area contributed by atoms with Gasteiger partial charge in [-0.1, -0.05) is 31.5 Å². The molecule has 0 aromatic heterocycles. The summed E-state index contributed by atoms with van der Waals surface area (Å²) in [5.41, 5.74) is 4.20. The van der Waals surface area contributed by atoms with E-state index in [-0.39, 0.29) is 10.9 Å². The van der Waals surface area contributed by atoms with E-state index in [1.807, 2.05) is 13.8 Å². The Bertz CT molecular complexity index is 489. The Balaban J connectivity index is 3.00. The monoisotopic (exact) mass is 308 g/mol. The molecule has 20 heavy (non-hydrogen) atoms. The van der Waals surface area contributed by atoms with Gasteiger partial charge in [0.15, 0.2) is 0 Å². The Morgan fingerprint density at radius 3 is 2.50 bits per heavy atom. The van der Waals surface area contributed by atoms with Gasteiger partial charge in [-0.2, -0.15) is 13.2 Å². The molecule has 0 fully saturated rings. The summed E-state index contributed by atoms with van der Waals surface area (Å²) in [6, 6.07) is 2.43. The number of benzene rings is 1. The van der Waals surface area contributed by atoms with Gasteiger partial charge < -0.3 is 11.1 Å². The van der Waals surface area contributed by atoms with Crippen LogP contribution in [0, 0.1) is 5.92 Å². The minimum atomic E-state index is -4.60. The molecule has 112 valence electrons. The summed E-state index contributed by atoms with van der Waals surface area (Å²) in [6.07, 6.45) is -4.23. The smallest absolute Gasteiger partial charge is 0.323 e. The zero-order chi connectivity index (χ0) is 15.5. The number of hydrogen-bond donors (Lipinski definition) is 2. The minimum absolute atomic E-state index is 0.157. The van der Waals surface area contributed by atoms with Crippen LogP contribution in [0.2, 0.25) is 5.02 Å². The number of carbonyl (C=O) groups excluding carboxylic acids is 1. The van der Waals surface area contributed by atoms with Gasteiger partial charge in [0, 0.05) is 0 Å². The zero-order valence-electron chi connectivity index (χ0n) is 11.1. The predicted octanol–water partition coefficient (Wildman–Crippen LogP) is 3.67. The van der Waals surface area contributed by atoms with Crippen molar-refractivity contribution < 1.29 is 18.0 Å². The number of hydrogen-bond acceptors (Lipinski definition) is 2. The topological polar surface area (TPSA) is 55.1 Å². The normalized spacial score (nSPS) is 13.4. The van der Waals surface area contributed by atoms with Crippen molar-refractivity contribution in [3.05, 3.63) is 28.8 Å².